The molecule has 1 N–H and O–H groups in total. The Morgan fingerprint density at radius 2 is 1.82 bits per heavy atom. The molecule has 0 spiro atoms. The Kier molecular flexibility index (Phi) is 6.50. The van der Waals surface area contributed by atoms with Crippen molar-refractivity contribution in [2.45, 2.75) is 49.4 Å². The van der Waals surface area contributed by atoms with Gasteiger partial charge in [-0.05, 0) is 55.0 Å². The lowest BCUT2D eigenvalue weighted by molar-refractivity contribution is -0.0311. The smallest absolute Gasteiger partial charge is 0.253 e. The molecule has 1 amide bonds. The van der Waals surface area contributed by atoms with E-state index in [2.05, 4.69) is 23.8 Å². The highest BCUT2D eigenvalue weighted by atomic mass is 32.2. The van der Waals surface area contributed by atoms with Crippen LogP contribution in [0.3, 0.4) is 0 Å². The number of fused-ring (bicyclic) bond motifs is 1. The van der Waals surface area contributed by atoms with Crippen molar-refractivity contribution < 1.29 is 18.3 Å². The third kappa shape index (κ3) is 5.23. The summed E-state index contributed by atoms with van der Waals surface area (Å²) < 4.78 is 26.1. The molecule has 174 valence electrons. The summed E-state index contributed by atoms with van der Waals surface area (Å²) in [5, 5.41) is 11.4. The van der Waals surface area contributed by atoms with Gasteiger partial charge in [0.25, 0.3) is 5.91 Å². The molecule has 0 aliphatic carbocycles. The van der Waals surface area contributed by atoms with Crippen LogP contribution in [0.15, 0.2) is 59.9 Å². The molecule has 1 fully saturated rings. The molecule has 0 atom stereocenters. The van der Waals surface area contributed by atoms with E-state index in [1.807, 2.05) is 0 Å². The minimum atomic E-state index is -3.66. The van der Waals surface area contributed by atoms with Gasteiger partial charge in [-0.3, -0.25) is 14.8 Å². The first-order chi connectivity index (χ1) is 15.7. The molecule has 0 bridgehead atoms. The number of pyridine rings is 2. The monoisotopic (exact) mass is 467 g/mol. The van der Waals surface area contributed by atoms with Crippen LogP contribution in [0.25, 0.3) is 10.9 Å². The fourth-order valence-electron chi connectivity index (χ4n) is 4.52. The number of amides is 1. The summed E-state index contributed by atoms with van der Waals surface area (Å²) in [6.45, 7) is 5.20. The van der Waals surface area contributed by atoms with Gasteiger partial charge in [0.15, 0.2) is 9.84 Å². The number of aliphatic hydroxyl groups is 1. The molecule has 33 heavy (non-hydrogen) atoms. The Balaban J connectivity index is 1.45. The predicted octanol–water partition coefficient (Wildman–Crippen LogP) is 3.62. The number of rotatable bonds is 6. The van der Waals surface area contributed by atoms with E-state index < -0.39 is 15.4 Å². The number of sulfone groups is 1. The SMILES string of the molecule is CC(C)CC1(O)CCN(C(=O)c2ccc(CS(=O)(=O)c3cncc4cccnc34)cc2)CC1. The summed E-state index contributed by atoms with van der Waals surface area (Å²) in [5.74, 6) is 0.102. The van der Waals surface area contributed by atoms with Crippen molar-refractivity contribution in [3.05, 3.63) is 66.1 Å². The number of carbonyl (C=O) groups is 1. The molecule has 1 aliphatic heterocycles. The highest BCUT2D eigenvalue weighted by Crippen LogP contribution is 2.29. The average Bonchev–Trinajstić information content (AvgIpc) is 2.78. The van der Waals surface area contributed by atoms with Crippen LogP contribution in [0.5, 0.6) is 0 Å². The van der Waals surface area contributed by atoms with Gasteiger partial charge in [0, 0.05) is 42.6 Å². The van der Waals surface area contributed by atoms with Crippen LogP contribution >= 0.6 is 0 Å². The van der Waals surface area contributed by atoms with E-state index in [9.17, 15) is 18.3 Å². The highest BCUT2D eigenvalue weighted by Gasteiger charge is 2.34. The molecule has 1 saturated heterocycles. The quantitative estimate of drug-likeness (QED) is 0.594. The molecule has 2 aromatic heterocycles. The molecule has 0 radical (unpaired) electrons. The number of hydrogen-bond donors (Lipinski definition) is 1. The third-order valence-electron chi connectivity index (χ3n) is 6.14. The predicted molar refractivity (Wildman–Crippen MR) is 126 cm³/mol. The van der Waals surface area contributed by atoms with Gasteiger partial charge < -0.3 is 10.0 Å². The molecule has 1 aliphatic rings. The van der Waals surface area contributed by atoms with Gasteiger partial charge in [-0.25, -0.2) is 8.42 Å². The number of likely N-dealkylation sites (tertiary alicyclic amines) is 1. The van der Waals surface area contributed by atoms with Gasteiger partial charge in [-0.2, -0.15) is 0 Å². The van der Waals surface area contributed by atoms with E-state index in [1.165, 1.54) is 6.20 Å². The number of hydrogen-bond acceptors (Lipinski definition) is 6. The standard InChI is InChI=1S/C25H29N3O4S/c1-18(2)14-25(30)9-12-28(13-10-25)24(29)20-7-5-19(6-8-20)17-33(31,32)22-16-26-15-21-4-3-11-27-23(21)22/h3-8,11,15-16,18,30H,9-10,12-14,17H2,1-2H3. The van der Waals surface area contributed by atoms with Crippen LogP contribution in [0.1, 0.15) is 49.0 Å². The number of nitrogens with zero attached hydrogens (tertiary/aromatic N) is 3. The van der Waals surface area contributed by atoms with Gasteiger partial charge in [0.05, 0.1) is 16.9 Å². The molecule has 1 aromatic carbocycles. The Morgan fingerprint density at radius 1 is 1.12 bits per heavy atom. The minimum absolute atomic E-state index is 0.0987. The van der Waals surface area contributed by atoms with Crippen molar-refractivity contribution in [3.8, 4) is 0 Å². The van der Waals surface area contributed by atoms with Gasteiger partial charge >= 0.3 is 0 Å². The van der Waals surface area contributed by atoms with Gasteiger partial charge in [-0.15, -0.1) is 0 Å². The van der Waals surface area contributed by atoms with E-state index in [0.717, 1.165) is 6.42 Å². The summed E-state index contributed by atoms with van der Waals surface area (Å²) in [6.07, 6.45) is 6.36. The van der Waals surface area contributed by atoms with Crippen molar-refractivity contribution in [1.29, 1.82) is 0 Å². The second-order valence-electron chi connectivity index (χ2n) is 9.28. The highest BCUT2D eigenvalue weighted by molar-refractivity contribution is 7.90. The summed E-state index contributed by atoms with van der Waals surface area (Å²) >= 11 is 0. The Labute approximate surface area is 194 Å². The lowest BCUT2D eigenvalue weighted by Gasteiger charge is -2.39. The topological polar surface area (TPSA) is 100 Å². The summed E-state index contributed by atoms with van der Waals surface area (Å²) in [7, 11) is -3.66. The molecule has 3 heterocycles. The van der Waals surface area contributed by atoms with Gasteiger partial charge in [-0.1, -0.05) is 26.0 Å². The third-order valence-corrected chi connectivity index (χ3v) is 7.82. The summed E-state index contributed by atoms with van der Waals surface area (Å²) in [5.41, 5.74) is 0.805. The van der Waals surface area contributed by atoms with Crippen LogP contribution in [0.4, 0.5) is 0 Å². The first-order valence-corrected chi connectivity index (χ1v) is 12.8. The summed E-state index contributed by atoms with van der Waals surface area (Å²) in [4.78, 5) is 23.0. The fourth-order valence-corrected chi connectivity index (χ4v) is 5.99. The largest absolute Gasteiger partial charge is 0.390 e. The summed E-state index contributed by atoms with van der Waals surface area (Å²) in [6, 6.07) is 10.2. The van der Waals surface area contributed by atoms with Crippen LogP contribution < -0.4 is 0 Å². The molecular formula is C25H29N3O4S. The lowest BCUT2D eigenvalue weighted by atomic mass is 9.84. The van der Waals surface area contributed by atoms with Crippen molar-refractivity contribution >= 4 is 26.6 Å². The fraction of sp³-hybridized carbons (Fsp3) is 0.400. The minimum Gasteiger partial charge on any atom is -0.390 e. The van der Waals surface area contributed by atoms with Crippen molar-refractivity contribution in [1.82, 2.24) is 14.9 Å². The Bertz CT molecular complexity index is 1240. The maximum atomic E-state index is 13.0. The Hall–Kier alpha value is -2.84. The Morgan fingerprint density at radius 3 is 2.48 bits per heavy atom. The van der Waals surface area contributed by atoms with Crippen molar-refractivity contribution in [3.63, 3.8) is 0 Å². The van der Waals surface area contributed by atoms with E-state index in [-0.39, 0.29) is 16.6 Å². The van der Waals surface area contributed by atoms with Crippen LogP contribution in [0.2, 0.25) is 0 Å². The normalized spacial score (nSPS) is 16.3. The first-order valence-electron chi connectivity index (χ1n) is 11.2. The van der Waals surface area contributed by atoms with Crippen LogP contribution in [-0.2, 0) is 15.6 Å². The number of aromatic nitrogens is 2. The molecule has 7 nitrogen and oxygen atoms in total. The molecule has 0 unspecified atom stereocenters. The maximum Gasteiger partial charge on any atom is 0.253 e. The van der Waals surface area contributed by atoms with Crippen molar-refractivity contribution in [2.75, 3.05) is 13.1 Å². The van der Waals surface area contributed by atoms with Crippen molar-refractivity contribution in [2.24, 2.45) is 5.92 Å². The zero-order valence-corrected chi connectivity index (χ0v) is 19.8. The van der Waals surface area contributed by atoms with Crippen LogP contribution in [0, 0.1) is 5.92 Å². The van der Waals surface area contributed by atoms with Gasteiger partial charge in [0.1, 0.15) is 4.90 Å². The molecule has 0 saturated carbocycles. The first kappa shape index (κ1) is 23.3. The second kappa shape index (κ2) is 9.19. The zero-order valence-electron chi connectivity index (χ0n) is 18.9. The number of carbonyl (C=O) groups excluding carboxylic acids is 1. The number of piperidine rings is 1. The molecule has 8 heteroatoms. The zero-order chi connectivity index (χ0) is 23.6. The van der Waals surface area contributed by atoms with Crippen LogP contribution in [-0.4, -0.2) is 53.0 Å². The van der Waals surface area contributed by atoms with E-state index >= 15 is 0 Å². The van der Waals surface area contributed by atoms with E-state index in [4.69, 9.17) is 0 Å². The maximum absolute atomic E-state index is 13.0. The van der Waals surface area contributed by atoms with E-state index in [1.54, 1.807) is 53.7 Å². The lowest BCUT2D eigenvalue weighted by Crippen LogP contribution is -2.47. The molecule has 3 aromatic rings. The van der Waals surface area contributed by atoms with Gasteiger partial charge in [0.2, 0.25) is 0 Å². The number of benzene rings is 1. The molecule has 4 rings (SSSR count). The second-order valence-corrected chi connectivity index (χ2v) is 11.2. The average molecular weight is 468 g/mol. The molecular weight excluding hydrogens is 438 g/mol. The van der Waals surface area contributed by atoms with E-state index in [0.29, 0.717) is 53.9 Å².